The molecule has 0 aliphatic rings. The van der Waals surface area contributed by atoms with Gasteiger partial charge in [-0.15, -0.1) is 0 Å². The van der Waals surface area contributed by atoms with Crippen molar-refractivity contribution >= 4 is 11.7 Å². The van der Waals surface area contributed by atoms with Crippen LogP contribution in [0.2, 0.25) is 0 Å². The summed E-state index contributed by atoms with van der Waals surface area (Å²) in [7, 11) is 0. The number of rotatable bonds is 7. The molecule has 18 heavy (non-hydrogen) atoms. The van der Waals surface area contributed by atoms with Gasteiger partial charge < -0.3 is 15.4 Å². The summed E-state index contributed by atoms with van der Waals surface area (Å²) in [5.74, 6) is -0.626. The third kappa shape index (κ3) is 4.91. The van der Waals surface area contributed by atoms with Crippen molar-refractivity contribution in [1.82, 2.24) is 0 Å². The molecule has 0 aliphatic carbocycles. The minimum absolute atomic E-state index is 0.0145. The van der Waals surface area contributed by atoms with E-state index in [-0.39, 0.29) is 18.9 Å². The molecule has 0 unspecified atom stereocenters. The quantitative estimate of drug-likeness (QED) is 0.261. The first-order valence-electron chi connectivity index (χ1n) is 5.80. The number of carbonyl (C=O) groups excluding carboxylic acids is 1. The summed E-state index contributed by atoms with van der Waals surface area (Å²) >= 11 is 0. The fourth-order valence-electron chi connectivity index (χ4n) is 1.40. The van der Waals surface area contributed by atoms with Crippen LogP contribution in [0.5, 0.6) is 0 Å². The molecular weight excluding hydrogens is 232 g/mol. The second-order valence-corrected chi connectivity index (χ2v) is 3.79. The van der Waals surface area contributed by atoms with Crippen LogP contribution in [0, 0.1) is 0 Å². The predicted molar refractivity (Wildman–Crippen MR) is 65.8 cm³/mol. The molecule has 1 N–H and O–H groups in total. The summed E-state index contributed by atoms with van der Waals surface area (Å²) < 4.78 is 5.02. The van der Waals surface area contributed by atoms with Crippen molar-refractivity contribution in [2.24, 2.45) is 0 Å². The van der Waals surface area contributed by atoms with Crippen LogP contribution < -0.4 is 0 Å². The smallest absolute Gasteiger partial charge is 0.417 e. The Labute approximate surface area is 106 Å². The van der Waals surface area contributed by atoms with Gasteiger partial charge in [-0.25, -0.2) is 4.79 Å². The third-order valence-electron chi connectivity index (χ3n) is 2.39. The minimum atomic E-state index is -0.626. The maximum Gasteiger partial charge on any atom is 0.417 e. The second-order valence-electron chi connectivity index (χ2n) is 3.79. The zero-order valence-corrected chi connectivity index (χ0v) is 10.1. The van der Waals surface area contributed by atoms with E-state index >= 15 is 0 Å². The Bertz CT molecular complexity index is 425. The van der Waals surface area contributed by atoms with Crippen molar-refractivity contribution < 1.29 is 19.4 Å². The van der Waals surface area contributed by atoms with Gasteiger partial charge >= 0.3 is 11.7 Å². The lowest BCUT2D eigenvalue weighted by molar-refractivity contribution is -0.141. The number of ether oxygens (including phenoxy) is 1. The van der Waals surface area contributed by atoms with Crippen molar-refractivity contribution in [2.45, 2.75) is 25.9 Å². The Hall–Kier alpha value is -1.97. The molecule has 1 aromatic rings. The zero-order valence-electron chi connectivity index (χ0n) is 10.1. The van der Waals surface area contributed by atoms with Crippen LogP contribution in [0.15, 0.2) is 30.3 Å². The molecule has 1 rings (SSSR count). The number of unbranched alkanes of at least 4 members (excludes halogenated alkanes) is 1. The standard InChI is InChI=1S/C13H16N2O3/c14-15-12(8-4-5-9-16)13(17)18-10-11-6-2-1-3-7-11/h1-3,6-7,16H,4-5,8-10H2. The summed E-state index contributed by atoms with van der Waals surface area (Å²) in [5.41, 5.74) is 9.58. The normalized spacial score (nSPS) is 9.61. The highest BCUT2D eigenvalue weighted by atomic mass is 16.5. The molecule has 5 nitrogen and oxygen atoms in total. The summed E-state index contributed by atoms with van der Waals surface area (Å²) in [4.78, 5) is 14.5. The van der Waals surface area contributed by atoms with Crippen molar-refractivity contribution in [3.8, 4) is 0 Å². The summed E-state index contributed by atoms with van der Waals surface area (Å²) in [6.07, 6.45) is 1.44. The van der Waals surface area contributed by atoms with Crippen LogP contribution >= 0.6 is 0 Å². The summed E-state index contributed by atoms with van der Waals surface area (Å²) in [5, 5.41) is 8.62. The Balaban J connectivity index is 2.41. The average Bonchev–Trinajstić information content (AvgIpc) is 2.42. The third-order valence-corrected chi connectivity index (χ3v) is 2.39. The highest BCUT2D eigenvalue weighted by molar-refractivity contribution is 6.33. The van der Waals surface area contributed by atoms with Gasteiger partial charge in [0.05, 0.1) is 6.42 Å². The lowest BCUT2D eigenvalue weighted by atomic mass is 10.2. The van der Waals surface area contributed by atoms with Gasteiger partial charge in [0, 0.05) is 6.61 Å². The average molecular weight is 248 g/mol. The lowest BCUT2D eigenvalue weighted by Crippen LogP contribution is -2.18. The van der Waals surface area contributed by atoms with Crippen LogP contribution in [0.3, 0.4) is 0 Å². The fourth-order valence-corrected chi connectivity index (χ4v) is 1.40. The fraction of sp³-hybridized carbons (Fsp3) is 0.385. The van der Waals surface area contributed by atoms with Crippen molar-refractivity contribution in [3.63, 3.8) is 0 Å². The number of aliphatic hydroxyl groups is 1. The Morgan fingerprint density at radius 2 is 2.00 bits per heavy atom. The van der Waals surface area contributed by atoms with Gasteiger partial charge in [0.15, 0.2) is 0 Å². The molecule has 0 bridgehead atoms. The van der Waals surface area contributed by atoms with Gasteiger partial charge in [-0.05, 0) is 18.4 Å². The van der Waals surface area contributed by atoms with Crippen LogP contribution in [0.1, 0.15) is 24.8 Å². The Kier molecular flexibility index (Phi) is 6.40. The zero-order chi connectivity index (χ0) is 13.2. The Morgan fingerprint density at radius 1 is 1.28 bits per heavy atom. The number of nitrogens with zero attached hydrogens (tertiary/aromatic N) is 2. The molecule has 0 saturated heterocycles. The molecule has 96 valence electrons. The van der Waals surface area contributed by atoms with Gasteiger partial charge in [-0.3, -0.25) is 0 Å². The molecule has 0 aromatic heterocycles. The van der Waals surface area contributed by atoms with Gasteiger partial charge in [-0.1, -0.05) is 30.3 Å². The SMILES string of the molecule is [N-]=[N+]=C(CCCCO)C(=O)OCc1ccccc1. The van der Waals surface area contributed by atoms with Crippen LogP contribution in [0.25, 0.3) is 5.53 Å². The molecule has 0 aliphatic heterocycles. The summed E-state index contributed by atoms with van der Waals surface area (Å²) in [6.45, 7) is 0.205. The topological polar surface area (TPSA) is 82.9 Å². The van der Waals surface area contributed by atoms with E-state index in [9.17, 15) is 4.79 Å². The number of hydrogen-bond acceptors (Lipinski definition) is 3. The first-order chi connectivity index (χ1) is 8.77. The molecular formula is C13H16N2O3. The van der Waals surface area contributed by atoms with E-state index in [1.807, 2.05) is 30.3 Å². The first kappa shape index (κ1) is 14.1. The maximum absolute atomic E-state index is 11.6. The van der Waals surface area contributed by atoms with Crippen LogP contribution in [-0.4, -0.2) is 28.2 Å². The number of esters is 1. The molecule has 0 atom stereocenters. The summed E-state index contributed by atoms with van der Waals surface area (Å²) in [6, 6.07) is 9.27. The first-order valence-corrected chi connectivity index (χ1v) is 5.80. The number of carbonyl (C=O) groups is 1. The second kappa shape index (κ2) is 8.17. The van der Waals surface area contributed by atoms with Gasteiger partial charge in [0.1, 0.15) is 6.61 Å². The maximum atomic E-state index is 11.6. The van der Waals surface area contributed by atoms with Gasteiger partial charge in [0.25, 0.3) is 0 Å². The van der Waals surface area contributed by atoms with E-state index < -0.39 is 5.97 Å². The molecule has 0 spiro atoms. The predicted octanol–water partition coefficient (Wildman–Crippen LogP) is 1.56. The van der Waals surface area contributed by atoms with E-state index in [4.69, 9.17) is 15.4 Å². The van der Waals surface area contributed by atoms with Gasteiger partial charge in [-0.2, -0.15) is 4.79 Å². The van der Waals surface area contributed by atoms with E-state index in [2.05, 4.69) is 4.79 Å². The molecule has 0 radical (unpaired) electrons. The number of benzene rings is 1. The van der Waals surface area contributed by atoms with Crippen LogP contribution in [0.4, 0.5) is 0 Å². The monoisotopic (exact) mass is 248 g/mol. The molecule has 5 heteroatoms. The highest BCUT2D eigenvalue weighted by Crippen LogP contribution is 2.03. The Morgan fingerprint density at radius 3 is 2.61 bits per heavy atom. The van der Waals surface area contributed by atoms with Gasteiger partial charge in [0.2, 0.25) is 0 Å². The highest BCUT2D eigenvalue weighted by Gasteiger charge is 2.21. The van der Waals surface area contributed by atoms with Crippen LogP contribution in [-0.2, 0) is 16.1 Å². The largest absolute Gasteiger partial charge is 0.452 e. The molecule has 0 fully saturated rings. The van der Waals surface area contributed by atoms with E-state index in [1.165, 1.54) is 0 Å². The van der Waals surface area contributed by atoms with E-state index in [0.29, 0.717) is 19.3 Å². The van der Waals surface area contributed by atoms with E-state index in [1.54, 1.807) is 0 Å². The lowest BCUT2D eigenvalue weighted by Gasteiger charge is -2.02. The van der Waals surface area contributed by atoms with Crippen molar-refractivity contribution in [1.29, 1.82) is 0 Å². The molecule has 0 saturated carbocycles. The van der Waals surface area contributed by atoms with Crippen molar-refractivity contribution in [3.05, 3.63) is 41.4 Å². The van der Waals surface area contributed by atoms with E-state index in [0.717, 1.165) is 5.56 Å². The minimum Gasteiger partial charge on any atom is -0.452 e. The number of aliphatic hydroxyl groups excluding tert-OH is 1. The number of hydrogen-bond donors (Lipinski definition) is 1. The van der Waals surface area contributed by atoms with Crippen molar-refractivity contribution in [2.75, 3.05) is 6.61 Å². The molecule has 1 aromatic carbocycles. The molecule has 0 amide bonds. The molecule has 0 heterocycles.